The number of piperidine rings is 1. The minimum Gasteiger partial charge on any atom is -0.363 e. The van der Waals surface area contributed by atoms with Crippen molar-refractivity contribution in [3.63, 3.8) is 0 Å². The van der Waals surface area contributed by atoms with Gasteiger partial charge < -0.3 is 20.1 Å². The number of hydrogen-bond acceptors (Lipinski definition) is 3. The first-order valence-electron chi connectivity index (χ1n) is 8.11. The maximum Gasteiger partial charge on any atom is 0.191 e. The Kier molecular flexibility index (Phi) is 5.23. The van der Waals surface area contributed by atoms with Crippen molar-refractivity contribution < 1.29 is 0 Å². The molecule has 0 amide bonds. The van der Waals surface area contributed by atoms with Crippen molar-refractivity contribution in [3.8, 4) is 0 Å². The van der Waals surface area contributed by atoms with Crippen molar-refractivity contribution in [1.29, 1.82) is 0 Å². The molecule has 0 spiro atoms. The van der Waals surface area contributed by atoms with Crippen LogP contribution in [0.25, 0.3) is 0 Å². The predicted octanol–water partition coefficient (Wildman–Crippen LogP) is 2.42. The first-order chi connectivity index (χ1) is 11.2. The first kappa shape index (κ1) is 15.9. The van der Waals surface area contributed by atoms with Crippen molar-refractivity contribution in [2.45, 2.75) is 25.4 Å². The van der Waals surface area contributed by atoms with Crippen LogP contribution in [0.1, 0.15) is 18.4 Å². The van der Waals surface area contributed by atoms with Crippen LogP contribution in [0.3, 0.4) is 0 Å². The largest absolute Gasteiger partial charge is 0.363 e. The van der Waals surface area contributed by atoms with Crippen LogP contribution in [0.2, 0.25) is 0 Å². The zero-order valence-corrected chi connectivity index (χ0v) is 14.6. The smallest absolute Gasteiger partial charge is 0.191 e. The van der Waals surface area contributed by atoms with Gasteiger partial charge in [-0.15, -0.1) is 11.3 Å². The number of hydrogen-bond donors (Lipinski definition) is 2. The monoisotopic (exact) mass is 331 g/mol. The number of rotatable bonds is 4. The highest BCUT2D eigenvalue weighted by molar-refractivity contribution is 7.14. The van der Waals surface area contributed by atoms with Crippen LogP contribution in [0.5, 0.6) is 0 Å². The fourth-order valence-corrected chi connectivity index (χ4v) is 3.72. The van der Waals surface area contributed by atoms with E-state index >= 15 is 0 Å². The Morgan fingerprint density at radius 2 is 2.17 bits per heavy atom. The number of thiophene rings is 1. The molecule has 1 aliphatic heterocycles. The lowest BCUT2D eigenvalue weighted by Gasteiger charge is -2.33. The molecular formula is C17H25N5S. The fraction of sp³-hybridized carbons (Fsp3) is 0.471. The standard InChI is InChI=1S/C17H25N5S/c1-18-17(19-12-14-5-8-21(2)13-14)20-15-6-9-22(10-7-15)16-4-3-11-23-16/h3-5,8,11,13,15H,6-7,9-10,12H2,1-2H3,(H2,18,19,20). The summed E-state index contributed by atoms with van der Waals surface area (Å²) in [6.45, 7) is 3.01. The SMILES string of the molecule is CN=C(NCc1ccn(C)c1)NC1CCN(c2cccs2)CC1. The molecule has 2 N–H and O–H groups in total. The lowest BCUT2D eigenvalue weighted by molar-refractivity contribution is 0.463. The zero-order valence-electron chi connectivity index (χ0n) is 13.8. The summed E-state index contributed by atoms with van der Waals surface area (Å²) in [5.41, 5.74) is 1.27. The van der Waals surface area contributed by atoms with E-state index in [0.717, 1.165) is 38.4 Å². The minimum absolute atomic E-state index is 0.494. The number of aromatic nitrogens is 1. The van der Waals surface area contributed by atoms with E-state index in [4.69, 9.17) is 0 Å². The lowest BCUT2D eigenvalue weighted by atomic mass is 10.1. The van der Waals surface area contributed by atoms with E-state index in [2.05, 4.69) is 61.1 Å². The van der Waals surface area contributed by atoms with Crippen LogP contribution < -0.4 is 15.5 Å². The molecule has 0 aliphatic carbocycles. The summed E-state index contributed by atoms with van der Waals surface area (Å²) in [6.07, 6.45) is 6.47. The van der Waals surface area contributed by atoms with E-state index < -0.39 is 0 Å². The van der Waals surface area contributed by atoms with Gasteiger partial charge in [0, 0.05) is 52.2 Å². The molecule has 0 unspecified atom stereocenters. The molecule has 5 nitrogen and oxygen atoms in total. The third kappa shape index (κ3) is 4.28. The van der Waals surface area contributed by atoms with Crippen LogP contribution in [0, 0.1) is 0 Å². The maximum atomic E-state index is 4.35. The van der Waals surface area contributed by atoms with E-state index in [-0.39, 0.29) is 0 Å². The number of aryl methyl sites for hydroxylation is 1. The van der Waals surface area contributed by atoms with Gasteiger partial charge in [0.2, 0.25) is 0 Å². The lowest BCUT2D eigenvalue weighted by Crippen LogP contribution is -2.48. The Bertz CT molecular complexity index is 623. The average Bonchev–Trinajstić information content (AvgIpc) is 3.24. The van der Waals surface area contributed by atoms with Gasteiger partial charge in [-0.05, 0) is 42.0 Å². The highest BCUT2D eigenvalue weighted by Crippen LogP contribution is 2.24. The summed E-state index contributed by atoms with van der Waals surface area (Å²) in [5.74, 6) is 0.892. The van der Waals surface area contributed by atoms with Crippen molar-refractivity contribution in [1.82, 2.24) is 15.2 Å². The van der Waals surface area contributed by atoms with E-state index in [1.54, 1.807) is 0 Å². The van der Waals surface area contributed by atoms with Gasteiger partial charge in [0.15, 0.2) is 5.96 Å². The second-order valence-corrected chi connectivity index (χ2v) is 6.89. The summed E-state index contributed by atoms with van der Waals surface area (Å²) in [6, 6.07) is 6.95. The molecule has 1 fully saturated rings. The van der Waals surface area contributed by atoms with Crippen molar-refractivity contribution in [2.75, 3.05) is 25.0 Å². The Labute approximate surface area is 142 Å². The van der Waals surface area contributed by atoms with Crippen molar-refractivity contribution in [2.24, 2.45) is 12.0 Å². The van der Waals surface area contributed by atoms with Crippen LogP contribution in [0.15, 0.2) is 41.0 Å². The molecule has 2 aromatic rings. The summed E-state index contributed by atoms with van der Waals surface area (Å²) in [7, 11) is 3.87. The Balaban J connectivity index is 1.45. The molecule has 2 aromatic heterocycles. The second-order valence-electron chi connectivity index (χ2n) is 5.97. The molecule has 3 heterocycles. The van der Waals surface area contributed by atoms with E-state index in [1.807, 2.05) is 25.4 Å². The van der Waals surface area contributed by atoms with E-state index in [9.17, 15) is 0 Å². The Morgan fingerprint density at radius 1 is 1.35 bits per heavy atom. The number of aliphatic imine (C=N–C) groups is 1. The highest BCUT2D eigenvalue weighted by atomic mass is 32.1. The molecule has 3 rings (SSSR count). The second kappa shape index (κ2) is 7.55. The van der Waals surface area contributed by atoms with Gasteiger partial charge >= 0.3 is 0 Å². The van der Waals surface area contributed by atoms with Gasteiger partial charge in [-0.3, -0.25) is 4.99 Å². The molecule has 0 aromatic carbocycles. The number of guanidine groups is 1. The minimum atomic E-state index is 0.494. The van der Waals surface area contributed by atoms with Crippen molar-refractivity contribution in [3.05, 3.63) is 41.5 Å². The zero-order chi connectivity index (χ0) is 16.1. The maximum absolute atomic E-state index is 4.35. The van der Waals surface area contributed by atoms with Crippen LogP contribution >= 0.6 is 11.3 Å². The van der Waals surface area contributed by atoms with Crippen LogP contribution in [-0.4, -0.2) is 36.7 Å². The molecule has 1 saturated heterocycles. The third-order valence-corrected chi connectivity index (χ3v) is 5.16. The third-order valence-electron chi connectivity index (χ3n) is 4.23. The number of anilines is 1. The van der Waals surface area contributed by atoms with Gasteiger partial charge in [-0.1, -0.05) is 0 Å². The van der Waals surface area contributed by atoms with Crippen LogP contribution in [0.4, 0.5) is 5.00 Å². The van der Waals surface area contributed by atoms with Gasteiger partial charge in [0.25, 0.3) is 0 Å². The fourth-order valence-electron chi connectivity index (χ4n) is 2.93. The number of nitrogens with zero attached hydrogens (tertiary/aromatic N) is 3. The van der Waals surface area contributed by atoms with Gasteiger partial charge in [-0.25, -0.2) is 0 Å². The molecule has 0 saturated carbocycles. The van der Waals surface area contributed by atoms with Gasteiger partial charge in [0.05, 0.1) is 5.00 Å². The predicted molar refractivity (Wildman–Crippen MR) is 98.3 cm³/mol. The first-order valence-corrected chi connectivity index (χ1v) is 8.99. The molecule has 6 heteroatoms. The van der Waals surface area contributed by atoms with E-state index in [1.165, 1.54) is 10.6 Å². The summed E-state index contributed by atoms with van der Waals surface area (Å²) in [4.78, 5) is 6.82. The molecule has 0 radical (unpaired) electrons. The average molecular weight is 331 g/mol. The highest BCUT2D eigenvalue weighted by Gasteiger charge is 2.20. The van der Waals surface area contributed by atoms with Crippen molar-refractivity contribution >= 4 is 22.3 Å². The topological polar surface area (TPSA) is 44.6 Å². The molecular weight excluding hydrogens is 306 g/mol. The van der Waals surface area contributed by atoms with E-state index in [0.29, 0.717) is 6.04 Å². The van der Waals surface area contributed by atoms with Gasteiger partial charge in [0.1, 0.15) is 0 Å². The summed E-state index contributed by atoms with van der Waals surface area (Å²) in [5, 5.41) is 10.5. The summed E-state index contributed by atoms with van der Waals surface area (Å²) < 4.78 is 2.06. The molecule has 23 heavy (non-hydrogen) atoms. The number of nitrogens with one attached hydrogen (secondary N) is 2. The van der Waals surface area contributed by atoms with Crippen LogP contribution in [-0.2, 0) is 13.6 Å². The molecule has 0 atom stereocenters. The van der Waals surface area contributed by atoms with Gasteiger partial charge in [-0.2, -0.15) is 0 Å². The molecule has 1 aliphatic rings. The molecule has 124 valence electrons. The Morgan fingerprint density at radius 3 is 2.78 bits per heavy atom. The quantitative estimate of drug-likeness (QED) is 0.668. The molecule has 0 bridgehead atoms. The Hall–Kier alpha value is -1.95. The normalized spacial score (nSPS) is 16.6. The summed E-state index contributed by atoms with van der Waals surface area (Å²) >= 11 is 1.82.